The van der Waals surface area contributed by atoms with Gasteiger partial charge >= 0.3 is 6.09 Å². The quantitative estimate of drug-likeness (QED) is 0.883. The Morgan fingerprint density at radius 3 is 2.17 bits per heavy atom. The molecule has 0 spiro atoms. The van der Waals surface area contributed by atoms with Crippen LogP contribution in [0.3, 0.4) is 0 Å². The first-order valence-electron chi connectivity index (χ1n) is 5.15. The van der Waals surface area contributed by atoms with Crippen molar-refractivity contribution >= 4 is 11.8 Å². The highest BCUT2D eigenvalue weighted by molar-refractivity contribution is 5.86. The minimum atomic E-state index is -0.954. The maximum absolute atomic E-state index is 13.2. The van der Waals surface area contributed by atoms with Crippen molar-refractivity contribution in [3.8, 4) is 5.75 Å². The summed E-state index contributed by atoms with van der Waals surface area (Å²) in [5.74, 6) is -1.44. The van der Waals surface area contributed by atoms with Gasteiger partial charge in [0.15, 0.2) is 0 Å². The number of carbonyl (C=O) groups excluding carboxylic acids is 1. The number of nitrogens with one attached hydrogen (secondary N) is 1. The van der Waals surface area contributed by atoms with Gasteiger partial charge < -0.3 is 4.74 Å². The Balaban J connectivity index is 2.08. The first-order valence-corrected chi connectivity index (χ1v) is 5.15. The van der Waals surface area contributed by atoms with E-state index in [-0.39, 0.29) is 5.75 Å². The van der Waals surface area contributed by atoms with Crippen LogP contribution in [-0.4, -0.2) is 6.09 Å². The van der Waals surface area contributed by atoms with Crippen LogP contribution in [0.15, 0.2) is 48.5 Å². The lowest BCUT2D eigenvalue weighted by molar-refractivity contribution is 0.215. The SMILES string of the molecule is O=C(Nc1c(F)cccc1F)Oc1ccccc1. The summed E-state index contributed by atoms with van der Waals surface area (Å²) in [7, 11) is 0. The molecule has 18 heavy (non-hydrogen) atoms. The van der Waals surface area contributed by atoms with Gasteiger partial charge in [0, 0.05) is 0 Å². The molecule has 2 aromatic carbocycles. The van der Waals surface area contributed by atoms with Crippen molar-refractivity contribution in [2.45, 2.75) is 0 Å². The molecule has 0 aliphatic carbocycles. The van der Waals surface area contributed by atoms with Gasteiger partial charge in [-0.1, -0.05) is 24.3 Å². The van der Waals surface area contributed by atoms with Crippen molar-refractivity contribution in [2.75, 3.05) is 5.32 Å². The highest BCUT2D eigenvalue weighted by atomic mass is 19.1. The lowest BCUT2D eigenvalue weighted by atomic mass is 10.3. The number of halogens is 2. The fourth-order valence-corrected chi connectivity index (χ4v) is 1.34. The predicted molar refractivity (Wildman–Crippen MR) is 62.4 cm³/mol. The molecule has 0 saturated heterocycles. The summed E-state index contributed by atoms with van der Waals surface area (Å²) in [5, 5.41) is 2.02. The lowest BCUT2D eigenvalue weighted by Crippen LogP contribution is -2.18. The first kappa shape index (κ1) is 12.0. The summed E-state index contributed by atoms with van der Waals surface area (Å²) < 4.78 is 31.3. The number of para-hydroxylation sites is 2. The Morgan fingerprint density at radius 1 is 0.944 bits per heavy atom. The molecule has 3 nitrogen and oxygen atoms in total. The van der Waals surface area contributed by atoms with Crippen LogP contribution in [0.4, 0.5) is 19.3 Å². The third kappa shape index (κ3) is 2.82. The first-order chi connectivity index (χ1) is 8.66. The van der Waals surface area contributed by atoms with Gasteiger partial charge in [-0.05, 0) is 24.3 Å². The van der Waals surface area contributed by atoms with Gasteiger partial charge in [-0.3, -0.25) is 5.32 Å². The molecule has 0 atom stereocenters. The highest BCUT2D eigenvalue weighted by Gasteiger charge is 2.12. The molecule has 2 rings (SSSR count). The molecule has 0 heterocycles. The summed E-state index contributed by atoms with van der Waals surface area (Å²) in [6, 6.07) is 11.5. The summed E-state index contributed by atoms with van der Waals surface area (Å²) in [6.07, 6.45) is -0.954. The van der Waals surface area contributed by atoms with E-state index in [2.05, 4.69) is 0 Å². The van der Waals surface area contributed by atoms with Gasteiger partial charge in [-0.15, -0.1) is 0 Å². The molecule has 1 amide bonds. The number of hydrogen-bond acceptors (Lipinski definition) is 2. The summed E-state index contributed by atoms with van der Waals surface area (Å²) in [5.41, 5.74) is -0.529. The number of anilines is 1. The summed E-state index contributed by atoms with van der Waals surface area (Å²) >= 11 is 0. The molecule has 0 saturated carbocycles. The third-order valence-electron chi connectivity index (χ3n) is 2.14. The second kappa shape index (κ2) is 5.27. The standard InChI is InChI=1S/C13H9F2NO2/c14-10-7-4-8-11(15)12(10)16-13(17)18-9-5-2-1-3-6-9/h1-8H,(H,16,17). The Kier molecular flexibility index (Phi) is 3.52. The van der Waals surface area contributed by atoms with Crippen molar-refractivity contribution < 1.29 is 18.3 Å². The second-order valence-electron chi connectivity index (χ2n) is 3.42. The molecule has 0 aliphatic rings. The number of benzene rings is 2. The van der Waals surface area contributed by atoms with Crippen LogP contribution >= 0.6 is 0 Å². The molecule has 1 N–H and O–H groups in total. The largest absolute Gasteiger partial charge is 0.417 e. The van der Waals surface area contributed by atoms with E-state index < -0.39 is 23.4 Å². The van der Waals surface area contributed by atoms with E-state index in [0.717, 1.165) is 12.1 Å². The number of amides is 1. The molecule has 92 valence electrons. The van der Waals surface area contributed by atoms with Gasteiger partial charge in [0.2, 0.25) is 0 Å². The van der Waals surface area contributed by atoms with E-state index in [0.29, 0.717) is 0 Å². The third-order valence-corrected chi connectivity index (χ3v) is 2.14. The molecule has 0 bridgehead atoms. The summed E-state index contributed by atoms with van der Waals surface area (Å²) in [6.45, 7) is 0. The van der Waals surface area contributed by atoms with Gasteiger partial charge in [0.25, 0.3) is 0 Å². The second-order valence-corrected chi connectivity index (χ2v) is 3.42. The zero-order chi connectivity index (χ0) is 13.0. The van der Waals surface area contributed by atoms with Crippen LogP contribution in [0.2, 0.25) is 0 Å². The van der Waals surface area contributed by atoms with Crippen molar-refractivity contribution in [2.24, 2.45) is 0 Å². The van der Waals surface area contributed by atoms with Crippen LogP contribution in [0.25, 0.3) is 0 Å². The monoisotopic (exact) mass is 249 g/mol. The van der Waals surface area contributed by atoms with Crippen molar-refractivity contribution in [3.63, 3.8) is 0 Å². The smallest absolute Gasteiger partial charge is 0.410 e. The maximum atomic E-state index is 13.2. The van der Waals surface area contributed by atoms with Crippen LogP contribution in [0.5, 0.6) is 5.75 Å². The van der Waals surface area contributed by atoms with Gasteiger partial charge in [-0.25, -0.2) is 13.6 Å². The molecule has 0 unspecified atom stereocenters. The normalized spacial score (nSPS) is 9.89. The maximum Gasteiger partial charge on any atom is 0.417 e. The zero-order valence-corrected chi connectivity index (χ0v) is 9.19. The van der Waals surface area contributed by atoms with Crippen molar-refractivity contribution in [1.82, 2.24) is 0 Å². The van der Waals surface area contributed by atoms with Crippen LogP contribution in [0, 0.1) is 11.6 Å². The van der Waals surface area contributed by atoms with Crippen molar-refractivity contribution in [3.05, 3.63) is 60.2 Å². The molecular formula is C13H9F2NO2. The number of ether oxygens (including phenoxy) is 1. The topological polar surface area (TPSA) is 38.3 Å². The van der Waals surface area contributed by atoms with Gasteiger partial charge in [-0.2, -0.15) is 0 Å². The van der Waals surface area contributed by atoms with Crippen molar-refractivity contribution in [1.29, 1.82) is 0 Å². The van der Waals surface area contributed by atoms with E-state index in [1.54, 1.807) is 30.3 Å². The highest BCUT2D eigenvalue weighted by Crippen LogP contribution is 2.18. The van der Waals surface area contributed by atoms with E-state index in [4.69, 9.17) is 4.74 Å². The Hall–Kier alpha value is -2.43. The predicted octanol–water partition coefficient (Wildman–Crippen LogP) is 3.58. The number of carbonyl (C=O) groups is 1. The molecule has 2 aromatic rings. The average Bonchev–Trinajstić information content (AvgIpc) is 2.35. The molecule has 0 aromatic heterocycles. The van der Waals surface area contributed by atoms with E-state index >= 15 is 0 Å². The minimum absolute atomic E-state index is 0.284. The van der Waals surface area contributed by atoms with E-state index in [1.165, 1.54) is 6.07 Å². The Labute approximate surface area is 102 Å². The Morgan fingerprint density at radius 2 is 1.56 bits per heavy atom. The fourth-order valence-electron chi connectivity index (χ4n) is 1.34. The van der Waals surface area contributed by atoms with Gasteiger partial charge in [0.1, 0.15) is 23.1 Å². The van der Waals surface area contributed by atoms with Crippen LogP contribution < -0.4 is 10.1 Å². The molecule has 0 aliphatic heterocycles. The zero-order valence-electron chi connectivity index (χ0n) is 9.19. The van der Waals surface area contributed by atoms with Crippen LogP contribution in [-0.2, 0) is 0 Å². The van der Waals surface area contributed by atoms with E-state index in [1.807, 2.05) is 5.32 Å². The van der Waals surface area contributed by atoms with E-state index in [9.17, 15) is 13.6 Å². The molecule has 0 fully saturated rings. The average molecular weight is 249 g/mol. The molecule has 0 radical (unpaired) electrons. The number of rotatable bonds is 2. The molecule has 5 heteroatoms. The lowest BCUT2D eigenvalue weighted by Gasteiger charge is -2.07. The minimum Gasteiger partial charge on any atom is -0.410 e. The van der Waals surface area contributed by atoms with Crippen LogP contribution in [0.1, 0.15) is 0 Å². The van der Waals surface area contributed by atoms with Gasteiger partial charge in [0.05, 0.1) is 0 Å². The number of hydrogen-bond donors (Lipinski definition) is 1. The molecular weight excluding hydrogens is 240 g/mol. The Bertz CT molecular complexity index is 538. The fraction of sp³-hybridized carbons (Fsp3) is 0. The summed E-state index contributed by atoms with van der Waals surface area (Å²) in [4.78, 5) is 11.4.